The van der Waals surface area contributed by atoms with Crippen molar-refractivity contribution in [3.8, 4) is 72.8 Å². The van der Waals surface area contributed by atoms with Crippen LogP contribution in [0.3, 0.4) is 0 Å². The Hall–Kier alpha value is -9.96. The molecule has 0 saturated carbocycles. The van der Waals surface area contributed by atoms with Gasteiger partial charge in [0, 0.05) is 33.2 Å². The summed E-state index contributed by atoms with van der Waals surface area (Å²) in [6.07, 6.45) is 0. The van der Waals surface area contributed by atoms with Gasteiger partial charge in [-0.3, -0.25) is 0 Å². The Morgan fingerprint density at radius 1 is 0.289 bits per heavy atom. The van der Waals surface area contributed by atoms with E-state index in [1.165, 1.54) is 55.3 Å². The van der Waals surface area contributed by atoms with Crippen LogP contribution in [0.4, 0.5) is 17.1 Å². The lowest BCUT2D eigenvalue weighted by molar-refractivity contribution is 0.436. The van der Waals surface area contributed by atoms with E-state index in [-0.39, 0.29) is 0 Å². The first-order valence-corrected chi connectivity index (χ1v) is 26.2. The molecule has 0 atom stereocenters. The quantitative estimate of drug-likeness (QED) is 0.151. The summed E-state index contributed by atoms with van der Waals surface area (Å²) in [6.45, 7) is 0. The Balaban J connectivity index is 0.929. The Morgan fingerprint density at radius 3 is 1.42 bits per heavy atom. The molecule has 1 aliphatic carbocycles. The topological polar surface area (TPSA) is 17.4 Å². The third-order valence-electron chi connectivity index (χ3n) is 15.9. The van der Waals surface area contributed by atoms with E-state index in [0.717, 1.165) is 78.7 Å². The molecule has 3 heteroatoms. The van der Waals surface area contributed by atoms with Gasteiger partial charge in [0.2, 0.25) is 0 Å². The van der Waals surface area contributed by atoms with E-state index in [4.69, 9.17) is 4.74 Å². The summed E-state index contributed by atoms with van der Waals surface area (Å²) in [4.78, 5) is 2.47. The molecule has 0 saturated heterocycles. The lowest BCUT2D eigenvalue weighted by atomic mass is 9.66. The molecular formula is C73H48N2O. The molecular weight excluding hydrogens is 921 g/mol. The Kier molecular flexibility index (Phi) is 10.1. The van der Waals surface area contributed by atoms with E-state index in [1.54, 1.807) is 0 Å². The maximum Gasteiger partial charge on any atom is 0.132 e. The zero-order chi connectivity index (χ0) is 50.2. The normalized spacial score (nSPS) is 12.7. The fourth-order valence-corrected chi connectivity index (χ4v) is 12.7. The predicted octanol–water partition coefficient (Wildman–Crippen LogP) is 19.4. The van der Waals surface area contributed by atoms with Crippen molar-refractivity contribution in [3.63, 3.8) is 0 Å². The first-order valence-electron chi connectivity index (χ1n) is 26.2. The molecule has 0 radical (unpaired) electrons. The number of para-hydroxylation sites is 7. The Labute approximate surface area is 442 Å². The van der Waals surface area contributed by atoms with Crippen molar-refractivity contribution in [1.29, 1.82) is 0 Å². The Bertz CT molecular complexity index is 4300. The minimum atomic E-state index is -0.553. The van der Waals surface area contributed by atoms with Gasteiger partial charge in [-0.2, -0.15) is 0 Å². The summed E-state index contributed by atoms with van der Waals surface area (Å²) >= 11 is 0. The summed E-state index contributed by atoms with van der Waals surface area (Å²) in [5.74, 6) is 1.78. The molecule has 0 bridgehead atoms. The molecule has 15 rings (SSSR count). The average molecular weight is 969 g/mol. The molecule has 2 heterocycles. The van der Waals surface area contributed by atoms with Crippen LogP contribution in [0.25, 0.3) is 83.1 Å². The number of hydrogen-bond donors (Lipinski definition) is 0. The molecule has 13 aromatic rings. The van der Waals surface area contributed by atoms with Gasteiger partial charge in [0.25, 0.3) is 0 Å². The standard InChI is InChI=1S/C73H48N2O/c1-2-22-50(23-3-1)53-24-4-5-25-54(53)55-26-6-7-27-56(55)59-29-9-15-35-66(59)74(69-38-18-19-39-70(69)75-67-36-16-10-30-60(67)61-31-11-17-37-68(61)75)52-45-42-49(43-46-52)51-44-47-58-57-28-8-12-32-62(57)73(65(58)48-51)63-33-13-20-40-71(63)76-72-41-21-14-34-64(72)73/h1-48H. The monoisotopic (exact) mass is 968 g/mol. The molecule has 0 fully saturated rings. The highest BCUT2D eigenvalue weighted by molar-refractivity contribution is 6.10. The van der Waals surface area contributed by atoms with Gasteiger partial charge < -0.3 is 14.2 Å². The number of ether oxygens (including phenoxy) is 1. The van der Waals surface area contributed by atoms with Gasteiger partial charge in [-0.25, -0.2) is 0 Å². The molecule has 0 unspecified atom stereocenters. The van der Waals surface area contributed by atoms with Crippen LogP contribution in [0.2, 0.25) is 0 Å². The van der Waals surface area contributed by atoms with Gasteiger partial charge in [-0.15, -0.1) is 0 Å². The van der Waals surface area contributed by atoms with E-state index in [0.29, 0.717) is 0 Å². The summed E-state index contributed by atoms with van der Waals surface area (Å²) in [7, 11) is 0. The van der Waals surface area contributed by atoms with Crippen molar-refractivity contribution < 1.29 is 4.74 Å². The minimum Gasteiger partial charge on any atom is -0.457 e. The van der Waals surface area contributed by atoms with Crippen molar-refractivity contribution >= 4 is 38.9 Å². The molecule has 76 heavy (non-hydrogen) atoms. The highest BCUT2D eigenvalue weighted by Gasteiger charge is 2.51. The minimum absolute atomic E-state index is 0.553. The third kappa shape index (κ3) is 6.62. The van der Waals surface area contributed by atoms with E-state index < -0.39 is 5.41 Å². The van der Waals surface area contributed by atoms with Crippen LogP contribution in [0.5, 0.6) is 11.5 Å². The average Bonchev–Trinajstić information content (AvgIpc) is 4.21. The zero-order valence-electron chi connectivity index (χ0n) is 41.5. The number of rotatable bonds is 8. The fourth-order valence-electron chi connectivity index (χ4n) is 12.7. The number of anilines is 3. The first kappa shape index (κ1) is 43.6. The van der Waals surface area contributed by atoms with Crippen molar-refractivity contribution in [1.82, 2.24) is 4.57 Å². The van der Waals surface area contributed by atoms with Crippen molar-refractivity contribution in [2.45, 2.75) is 5.41 Å². The summed E-state index contributed by atoms with van der Waals surface area (Å²) < 4.78 is 9.12. The number of hydrogen-bond acceptors (Lipinski definition) is 2. The molecule has 1 aromatic heterocycles. The summed E-state index contributed by atoms with van der Waals surface area (Å²) in [6, 6.07) is 106. The second kappa shape index (κ2) is 17.6. The number of fused-ring (bicyclic) bond motifs is 12. The SMILES string of the molecule is c1ccc(-c2ccccc2-c2ccccc2-c2ccccc2N(c2ccc(-c3ccc4c(c3)C3(c5ccccc5Oc5ccccc53)c3ccccc3-4)cc2)c2ccccc2-n2c3ccccc3c3ccccc32)cc1. The second-order valence-electron chi connectivity index (χ2n) is 19.9. The molecule has 356 valence electrons. The van der Waals surface area contributed by atoms with Crippen LogP contribution in [-0.2, 0) is 5.41 Å². The molecule has 1 aliphatic heterocycles. The largest absolute Gasteiger partial charge is 0.457 e. The molecule has 3 nitrogen and oxygen atoms in total. The highest BCUT2D eigenvalue weighted by Crippen LogP contribution is 2.62. The fraction of sp³-hybridized carbons (Fsp3) is 0.0137. The van der Waals surface area contributed by atoms with Gasteiger partial charge in [-0.05, 0) is 122 Å². The smallest absolute Gasteiger partial charge is 0.132 e. The van der Waals surface area contributed by atoms with Crippen molar-refractivity contribution in [2.24, 2.45) is 0 Å². The first-order chi connectivity index (χ1) is 37.7. The van der Waals surface area contributed by atoms with E-state index >= 15 is 0 Å². The van der Waals surface area contributed by atoms with Crippen molar-refractivity contribution in [2.75, 3.05) is 4.90 Å². The number of aromatic nitrogens is 1. The number of benzene rings is 12. The van der Waals surface area contributed by atoms with Crippen LogP contribution in [0, 0.1) is 0 Å². The zero-order valence-corrected chi connectivity index (χ0v) is 41.5. The van der Waals surface area contributed by atoms with Crippen molar-refractivity contribution in [3.05, 3.63) is 313 Å². The Morgan fingerprint density at radius 2 is 0.750 bits per heavy atom. The maximum absolute atomic E-state index is 6.67. The van der Waals surface area contributed by atoms with E-state index in [9.17, 15) is 0 Å². The molecule has 0 amide bonds. The van der Waals surface area contributed by atoms with Gasteiger partial charge in [0.15, 0.2) is 0 Å². The van der Waals surface area contributed by atoms with Gasteiger partial charge in [-0.1, -0.05) is 231 Å². The third-order valence-corrected chi connectivity index (χ3v) is 15.9. The lowest BCUT2D eigenvalue weighted by Crippen LogP contribution is -2.32. The van der Waals surface area contributed by atoms with E-state index in [2.05, 4.69) is 301 Å². The van der Waals surface area contributed by atoms with Crippen LogP contribution < -0.4 is 9.64 Å². The van der Waals surface area contributed by atoms with Crippen LogP contribution in [-0.4, -0.2) is 4.57 Å². The molecule has 12 aromatic carbocycles. The highest BCUT2D eigenvalue weighted by atomic mass is 16.5. The second-order valence-corrected chi connectivity index (χ2v) is 19.9. The number of nitrogens with zero attached hydrogens (tertiary/aromatic N) is 2. The van der Waals surface area contributed by atoms with Gasteiger partial charge in [0.05, 0.1) is 33.5 Å². The summed E-state index contributed by atoms with van der Waals surface area (Å²) in [5.41, 5.74) is 22.7. The van der Waals surface area contributed by atoms with Gasteiger partial charge in [0.1, 0.15) is 11.5 Å². The van der Waals surface area contributed by atoms with Crippen LogP contribution in [0.15, 0.2) is 291 Å². The van der Waals surface area contributed by atoms with E-state index in [1.807, 2.05) is 0 Å². The molecule has 1 spiro atoms. The van der Waals surface area contributed by atoms with Gasteiger partial charge >= 0.3 is 0 Å². The van der Waals surface area contributed by atoms with Crippen LogP contribution >= 0.6 is 0 Å². The summed E-state index contributed by atoms with van der Waals surface area (Å²) in [5, 5.41) is 2.45. The molecule has 2 aliphatic rings. The maximum atomic E-state index is 6.67. The molecule has 0 N–H and O–H groups in total. The lowest BCUT2D eigenvalue weighted by Gasteiger charge is -2.39. The predicted molar refractivity (Wildman–Crippen MR) is 315 cm³/mol. The van der Waals surface area contributed by atoms with Crippen LogP contribution in [0.1, 0.15) is 22.3 Å².